The Labute approximate surface area is 164 Å². The lowest BCUT2D eigenvalue weighted by Crippen LogP contribution is -2.49. The van der Waals surface area contributed by atoms with Crippen molar-refractivity contribution in [3.8, 4) is 0 Å². The molecule has 0 radical (unpaired) electrons. The van der Waals surface area contributed by atoms with Crippen molar-refractivity contribution in [3.05, 3.63) is 53.1 Å². The molecule has 1 atom stereocenters. The van der Waals surface area contributed by atoms with E-state index < -0.39 is 5.97 Å². The maximum atomic E-state index is 12.9. The first-order valence-corrected chi connectivity index (χ1v) is 9.58. The minimum Gasteiger partial charge on any atom is -0.465 e. The number of ether oxygens (including phenoxy) is 1. The summed E-state index contributed by atoms with van der Waals surface area (Å²) in [4.78, 5) is 35.3. The molecule has 1 aliphatic carbocycles. The zero-order valence-electron chi connectivity index (χ0n) is 16.2. The first-order chi connectivity index (χ1) is 13.5. The van der Waals surface area contributed by atoms with Gasteiger partial charge in [0.2, 0.25) is 0 Å². The van der Waals surface area contributed by atoms with Crippen LogP contribution in [0, 0.1) is 6.92 Å². The SMILES string of the molecule is COC(=O)c1ccc(NC(=O)N2CCCC3(CCc4cnc(C)nc43)C2)cc1. The Morgan fingerprint density at radius 3 is 2.75 bits per heavy atom. The van der Waals surface area contributed by atoms with Gasteiger partial charge in [-0.1, -0.05) is 0 Å². The molecule has 4 rings (SSSR count). The molecular weight excluding hydrogens is 356 g/mol. The molecule has 1 unspecified atom stereocenters. The summed E-state index contributed by atoms with van der Waals surface area (Å²) in [5.74, 6) is 0.389. The highest BCUT2D eigenvalue weighted by molar-refractivity contribution is 5.92. The van der Waals surface area contributed by atoms with Crippen molar-refractivity contribution in [2.24, 2.45) is 0 Å². The summed E-state index contributed by atoms with van der Waals surface area (Å²) >= 11 is 0. The monoisotopic (exact) mass is 380 g/mol. The number of carbonyl (C=O) groups is 2. The van der Waals surface area contributed by atoms with Crippen LogP contribution in [0.5, 0.6) is 0 Å². The molecule has 2 heterocycles. The number of nitrogens with one attached hydrogen (secondary N) is 1. The van der Waals surface area contributed by atoms with Gasteiger partial charge in [0.05, 0.1) is 18.4 Å². The molecule has 0 bridgehead atoms. The zero-order valence-corrected chi connectivity index (χ0v) is 16.2. The van der Waals surface area contributed by atoms with Gasteiger partial charge in [-0.15, -0.1) is 0 Å². The van der Waals surface area contributed by atoms with Crippen LogP contribution in [0.25, 0.3) is 0 Å². The van der Waals surface area contributed by atoms with E-state index in [1.54, 1.807) is 24.3 Å². The third-order valence-electron chi connectivity index (χ3n) is 5.78. The molecule has 1 saturated heterocycles. The van der Waals surface area contributed by atoms with Gasteiger partial charge in [0.25, 0.3) is 0 Å². The number of anilines is 1. The van der Waals surface area contributed by atoms with Crippen LogP contribution in [0.1, 0.15) is 46.7 Å². The van der Waals surface area contributed by atoms with Crippen LogP contribution < -0.4 is 5.32 Å². The Morgan fingerprint density at radius 1 is 1.21 bits per heavy atom. The molecule has 1 N–H and O–H groups in total. The number of amides is 2. The lowest BCUT2D eigenvalue weighted by Gasteiger charge is -2.40. The highest BCUT2D eigenvalue weighted by atomic mass is 16.5. The fraction of sp³-hybridized carbons (Fsp3) is 0.429. The van der Waals surface area contributed by atoms with Crippen LogP contribution in [0.2, 0.25) is 0 Å². The van der Waals surface area contributed by atoms with Crippen molar-refractivity contribution in [2.45, 2.75) is 38.0 Å². The number of hydrogen-bond acceptors (Lipinski definition) is 5. The molecule has 28 heavy (non-hydrogen) atoms. The average Bonchev–Trinajstić information content (AvgIpc) is 3.05. The zero-order chi connectivity index (χ0) is 19.7. The van der Waals surface area contributed by atoms with Gasteiger partial charge in [-0.05, 0) is 62.4 Å². The number of nitrogens with zero attached hydrogens (tertiary/aromatic N) is 3. The van der Waals surface area contributed by atoms with Gasteiger partial charge < -0.3 is 15.0 Å². The largest absolute Gasteiger partial charge is 0.465 e. The Morgan fingerprint density at radius 2 is 2.00 bits per heavy atom. The van der Waals surface area contributed by atoms with Crippen LogP contribution in [0.15, 0.2) is 30.5 Å². The second kappa shape index (κ2) is 7.22. The normalized spacial score (nSPS) is 20.7. The van der Waals surface area contributed by atoms with E-state index in [0.29, 0.717) is 17.8 Å². The van der Waals surface area contributed by atoms with Gasteiger partial charge in [-0.3, -0.25) is 0 Å². The molecule has 146 valence electrons. The fourth-order valence-electron chi connectivity index (χ4n) is 4.34. The molecule has 1 fully saturated rings. The van der Waals surface area contributed by atoms with E-state index in [-0.39, 0.29) is 11.4 Å². The van der Waals surface area contributed by atoms with E-state index >= 15 is 0 Å². The van der Waals surface area contributed by atoms with Crippen LogP contribution in [0.3, 0.4) is 0 Å². The van der Waals surface area contributed by atoms with Crippen LogP contribution in [-0.4, -0.2) is 47.1 Å². The molecule has 1 aromatic heterocycles. The third-order valence-corrected chi connectivity index (χ3v) is 5.78. The summed E-state index contributed by atoms with van der Waals surface area (Å²) in [7, 11) is 1.35. The quantitative estimate of drug-likeness (QED) is 0.810. The van der Waals surface area contributed by atoms with Crippen LogP contribution in [0.4, 0.5) is 10.5 Å². The smallest absolute Gasteiger partial charge is 0.337 e. The number of fused-ring (bicyclic) bond motifs is 2. The lowest BCUT2D eigenvalue weighted by molar-refractivity contribution is 0.0600. The third kappa shape index (κ3) is 3.32. The van der Waals surface area contributed by atoms with Gasteiger partial charge >= 0.3 is 12.0 Å². The average molecular weight is 380 g/mol. The highest BCUT2D eigenvalue weighted by Crippen LogP contribution is 2.43. The standard InChI is InChI=1S/C21H24N4O3/c1-14-22-12-16-8-10-21(18(16)23-14)9-3-11-25(13-21)20(27)24-17-6-4-15(5-7-17)19(26)28-2/h4-7,12H,3,8-11,13H2,1-2H3,(H,24,27). The topological polar surface area (TPSA) is 84.4 Å². The minimum atomic E-state index is -0.395. The Balaban J connectivity index is 1.48. The lowest BCUT2D eigenvalue weighted by atomic mass is 9.77. The second-order valence-corrected chi connectivity index (χ2v) is 7.60. The predicted octanol–water partition coefficient (Wildman–Crippen LogP) is 3.08. The van der Waals surface area contributed by atoms with Gasteiger partial charge in [0.1, 0.15) is 5.82 Å². The molecule has 2 aromatic rings. The molecular formula is C21H24N4O3. The van der Waals surface area contributed by atoms with Gasteiger partial charge in [0, 0.05) is 30.4 Å². The van der Waals surface area contributed by atoms with E-state index in [1.165, 1.54) is 12.7 Å². The van der Waals surface area contributed by atoms with Crippen LogP contribution in [-0.2, 0) is 16.6 Å². The highest BCUT2D eigenvalue weighted by Gasteiger charge is 2.44. The summed E-state index contributed by atoms with van der Waals surface area (Å²) in [5, 5.41) is 2.94. The van der Waals surface area contributed by atoms with Crippen molar-refractivity contribution in [1.29, 1.82) is 0 Å². The molecule has 2 amide bonds. The molecule has 2 aliphatic rings. The van der Waals surface area contributed by atoms with Crippen molar-refractivity contribution < 1.29 is 14.3 Å². The van der Waals surface area contributed by atoms with Crippen molar-refractivity contribution >= 4 is 17.7 Å². The van der Waals surface area contributed by atoms with Gasteiger partial charge in [-0.25, -0.2) is 19.6 Å². The maximum absolute atomic E-state index is 12.9. The minimum absolute atomic E-state index is 0.0621. The summed E-state index contributed by atoms with van der Waals surface area (Å²) in [6.07, 6.45) is 5.93. The number of hydrogen-bond donors (Lipinski definition) is 1. The number of benzene rings is 1. The summed E-state index contributed by atoms with van der Waals surface area (Å²) < 4.78 is 4.70. The van der Waals surface area contributed by atoms with E-state index in [1.807, 2.05) is 18.0 Å². The maximum Gasteiger partial charge on any atom is 0.337 e. The molecule has 0 saturated carbocycles. The number of methoxy groups -OCH3 is 1. The van der Waals surface area contributed by atoms with Crippen LogP contribution >= 0.6 is 0 Å². The summed E-state index contributed by atoms with van der Waals surface area (Å²) in [6.45, 7) is 3.31. The molecule has 1 spiro atoms. The summed E-state index contributed by atoms with van der Waals surface area (Å²) in [6, 6.07) is 6.60. The first-order valence-electron chi connectivity index (χ1n) is 9.58. The number of piperidine rings is 1. The molecule has 1 aromatic carbocycles. The number of rotatable bonds is 2. The molecule has 1 aliphatic heterocycles. The van der Waals surface area contributed by atoms with Crippen molar-refractivity contribution in [3.63, 3.8) is 0 Å². The van der Waals surface area contributed by atoms with E-state index in [4.69, 9.17) is 9.72 Å². The second-order valence-electron chi connectivity index (χ2n) is 7.60. The van der Waals surface area contributed by atoms with Crippen molar-refractivity contribution in [2.75, 3.05) is 25.5 Å². The number of aromatic nitrogens is 2. The number of carbonyl (C=O) groups excluding carboxylic acids is 2. The van der Waals surface area contributed by atoms with E-state index in [2.05, 4.69) is 10.3 Å². The number of esters is 1. The number of urea groups is 1. The molecule has 7 nitrogen and oxygen atoms in total. The number of likely N-dealkylation sites (tertiary alicyclic amines) is 1. The Kier molecular flexibility index (Phi) is 4.75. The van der Waals surface area contributed by atoms with E-state index in [9.17, 15) is 9.59 Å². The predicted molar refractivity (Wildman–Crippen MR) is 104 cm³/mol. The van der Waals surface area contributed by atoms with E-state index in [0.717, 1.165) is 43.7 Å². The first kappa shape index (κ1) is 18.4. The number of aryl methyl sites for hydroxylation is 2. The fourth-order valence-corrected chi connectivity index (χ4v) is 4.34. The van der Waals surface area contributed by atoms with Crippen molar-refractivity contribution in [1.82, 2.24) is 14.9 Å². The summed E-state index contributed by atoms with van der Waals surface area (Å²) in [5.41, 5.74) is 3.39. The molecule has 7 heteroatoms. The Hall–Kier alpha value is -2.96. The van der Waals surface area contributed by atoms with Gasteiger partial charge in [-0.2, -0.15) is 0 Å². The Bertz CT molecular complexity index is 908. The van der Waals surface area contributed by atoms with Gasteiger partial charge in [0.15, 0.2) is 0 Å².